The number of aromatic nitrogens is 3. The van der Waals surface area contributed by atoms with Gasteiger partial charge >= 0.3 is 5.97 Å². The number of rotatable bonds is 5. The lowest BCUT2D eigenvalue weighted by Gasteiger charge is -2.32. The zero-order valence-corrected chi connectivity index (χ0v) is 12.9. The predicted molar refractivity (Wildman–Crippen MR) is 78.7 cm³/mol. The van der Waals surface area contributed by atoms with Crippen LogP contribution >= 0.6 is 0 Å². The molecule has 0 unspecified atom stereocenters. The van der Waals surface area contributed by atoms with E-state index in [1.807, 2.05) is 32.8 Å². The number of carboxylic acids is 1. The maximum absolute atomic E-state index is 11.4. The SMILES string of the molecule is CN(C)C(C)(C)COc1c(C(=O)O)cnc2c1cnn2C. The van der Waals surface area contributed by atoms with Crippen LogP contribution in [0.3, 0.4) is 0 Å². The van der Waals surface area contributed by atoms with E-state index in [0.717, 1.165) is 0 Å². The molecule has 2 aromatic rings. The maximum atomic E-state index is 11.4. The highest BCUT2D eigenvalue weighted by atomic mass is 16.5. The van der Waals surface area contributed by atoms with Gasteiger partial charge in [0.1, 0.15) is 17.9 Å². The van der Waals surface area contributed by atoms with E-state index in [1.54, 1.807) is 17.9 Å². The topological polar surface area (TPSA) is 80.5 Å². The van der Waals surface area contributed by atoms with Crippen LogP contribution in [0.4, 0.5) is 0 Å². The van der Waals surface area contributed by atoms with Crippen molar-refractivity contribution in [1.82, 2.24) is 19.7 Å². The molecule has 7 nitrogen and oxygen atoms in total. The fourth-order valence-electron chi connectivity index (χ4n) is 1.76. The smallest absolute Gasteiger partial charge is 0.341 e. The molecule has 0 aliphatic carbocycles. The zero-order valence-electron chi connectivity index (χ0n) is 12.9. The first-order valence-corrected chi connectivity index (χ1v) is 6.58. The van der Waals surface area contributed by atoms with Gasteiger partial charge in [0.2, 0.25) is 0 Å². The molecule has 0 saturated heterocycles. The highest BCUT2D eigenvalue weighted by Crippen LogP contribution is 2.29. The van der Waals surface area contributed by atoms with Gasteiger partial charge in [0.25, 0.3) is 0 Å². The number of carbonyl (C=O) groups is 1. The van der Waals surface area contributed by atoms with Crippen LogP contribution < -0.4 is 4.74 Å². The number of nitrogens with zero attached hydrogens (tertiary/aromatic N) is 4. The first-order chi connectivity index (χ1) is 9.74. The summed E-state index contributed by atoms with van der Waals surface area (Å²) in [7, 11) is 5.66. The van der Waals surface area contributed by atoms with E-state index in [9.17, 15) is 9.90 Å². The van der Waals surface area contributed by atoms with Gasteiger partial charge in [-0.05, 0) is 27.9 Å². The van der Waals surface area contributed by atoms with Crippen molar-refractivity contribution in [2.45, 2.75) is 19.4 Å². The number of ether oxygens (including phenoxy) is 1. The number of carboxylic acid groups (broad SMARTS) is 1. The molecule has 0 aliphatic heterocycles. The molecular formula is C14H20N4O3. The third-order valence-electron chi connectivity index (χ3n) is 3.72. The van der Waals surface area contributed by atoms with E-state index in [1.165, 1.54) is 6.20 Å². The number of likely N-dealkylation sites (N-methyl/N-ethyl adjacent to an activating group) is 1. The molecule has 0 radical (unpaired) electrons. The molecule has 0 saturated carbocycles. The number of pyridine rings is 1. The lowest BCUT2D eigenvalue weighted by Crippen LogP contribution is -2.43. The monoisotopic (exact) mass is 292 g/mol. The van der Waals surface area contributed by atoms with E-state index < -0.39 is 5.97 Å². The Labute approximate surface area is 123 Å². The van der Waals surface area contributed by atoms with E-state index in [0.29, 0.717) is 23.4 Å². The minimum absolute atomic E-state index is 0.0463. The second-order valence-electron chi connectivity index (χ2n) is 5.81. The van der Waals surface area contributed by atoms with Crippen molar-refractivity contribution >= 4 is 17.0 Å². The Bertz CT molecular complexity index is 676. The molecule has 2 aromatic heterocycles. The second-order valence-corrected chi connectivity index (χ2v) is 5.81. The molecule has 0 bridgehead atoms. The fraction of sp³-hybridized carbons (Fsp3) is 0.500. The van der Waals surface area contributed by atoms with Crippen molar-refractivity contribution in [2.75, 3.05) is 20.7 Å². The summed E-state index contributed by atoms with van der Waals surface area (Å²) in [5, 5.41) is 14.0. The summed E-state index contributed by atoms with van der Waals surface area (Å²) < 4.78 is 7.42. The summed E-state index contributed by atoms with van der Waals surface area (Å²) in [6.45, 7) is 4.40. The molecule has 7 heteroatoms. The number of aryl methyl sites for hydroxylation is 1. The summed E-state index contributed by atoms with van der Waals surface area (Å²) in [4.78, 5) is 17.5. The molecule has 114 valence electrons. The van der Waals surface area contributed by atoms with Gasteiger partial charge in [0.15, 0.2) is 5.65 Å². The number of aromatic carboxylic acids is 1. The van der Waals surface area contributed by atoms with Crippen molar-refractivity contribution in [3.63, 3.8) is 0 Å². The Hall–Kier alpha value is -2.15. The van der Waals surface area contributed by atoms with Crippen LogP contribution in [0.1, 0.15) is 24.2 Å². The molecule has 0 spiro atoms. The Kier molecular flexibility index (Phi) is 3.87. The minimum Gasteiger partial charge on any atom is -0.490 e. The third kappa shape index (κ3) is 2.82. The van der Waals surface area contributed by atoms with Crippen LogP contribution in [0.25, 0.3) is 11.0 Å². The molecule has 0 amide bonds. The Morgan fingerprint density at radius 3 is 2.67 bits per heavy atom. The third-order valence-corrected chi connectivity index (χ3v) is 3.72. The Balaban J connectivity index is 2.45. The van der Waals surface area contributed by atoms with Gasteiger partial charge < -0.3 is 14.7 Å². The lowest BCUT2D eigenvalue weighted by atomic mass is 10.1. The van der Waals surface area contributed by atoms with Crippen LogP contribution in [0.2, 0.25) is 0 Å². The van der Waals surface area contributed by atoms with Crippen LogP contribution in [0.5, 0.6) is 5.75 Å². The zero-order chi connectivity index (χ0) is 15.8. The summed E-state index contributed by atoms with van der Waals surface area (Å²) in [5.41, 5.74) is 0.413. The van der Waals surface area contributed by atoms with Crippen LogP contribution in [-0.2, 0) is 7.05 Å². The second kappa shape index (κ2) is 5.33. The summed E-state index contributed by atoms with van der Waals surface area (Å²) >= 11 is 0. The van der Waals surface area contributed by atoms with Crippen molar-refractivity contribution in [3.8, 4) is 5.75 Å². The van der Waals surface area contributed by atoms with E-state index in [-0.39, 0.29) is 11.1 Å². The fourth-order valence-corrected chi connectivity index (χ4v) is 1.76. The van der Waals surface area contributed by atoms with Crippen LogP contribution in [0, 0.1) is 0 Å². The largest absolute Gasteiger partial charge is 0.490 e. The Morgan fingerprint density at radius 1 is 1.43 bits per heavy atom. The highest BCUT2D eigenvalue weighted by Gasteiger charge is 2.24. The van der Waals surface area contributed by atoms with Gasteiger partial charge in [-0.3, -0.25) is 4.68 Å². The van der Waals surface area contributed by atoms with E-state index >= 15 is 0 Å². The summed E-state index contributed by atoms with van der Waals surface area (Å²) in [6, 6.07) is 0. The molecule has 0 aliphatic rings. The van der Waals surface area contributed by atoms with E-state index in [4.69, 9.17) is 4.74 Å². The van der Waals surface area contributed by atoms with E-state index in [2.05, 4.69) is 10.1 Å². The quantitative estimate of drug-likeness (QED) is 0.897. The molecule has 0 atom stereocenters. The van der Waals surface area contributed by atoms with Crippen molar-refractivity contribution in [3.05, 3.63) is 18.0 Å². The molecule has 21 heavy (non-hydrogen) atoms. The molecular weight excluding hydrogens is 272 g/mol. The number of hydrogen-bond donors (Lipinski definition) is 1. The molecule has 0 aromatic carbocycles. The number of hydrogen-bond acceptors (Lipinski definition) is 5. The van der Waals surface area contributed by atoms with Crippen molar-refractivity contribution in [1.29, 1.82) is 0 Å². The predicted octanol–water partition coefficient (Wildman–Crippen LogP) is 1.39. The minimum atomic E-state index is -1.06. The standard InChI is InChI=1S/C14H20N4O3/c1-14(2,17(3)4)8-21-11-9-7-16-18(5)12(9)15-6-10(11)13(19)20/h6-7H,8H2,1-5H3,(H,19,20). The Morgan fingerprint density at radius 2 is 2.10 bits per heavy atom. The first kappa shape index (κ1) is 15.2. The average molecular weight is 292 g/mol. The normalized spacial score (nSPS) is 12.1. The first-order valence-electron chi connectivity index (χ1n) is 6.58. The number of fused-ring (bicyclic) bond motifs is 1. The van der Waals surface area contributed by atoms with Gasteiger partial charge in [-0.25, -0.2) is 9.78 Å². The highest BCUT2D eigenvalue weighted by molar-refractivity contribution is 5.97. The van der Waals surface area contributed by atoms with Crippen LogP contribution in [-0.4, -0.2) is 57.0 Å². The van der Waals surface area contributed by atoms with Gasteiger partial charge in [0.05, 0.1) is 11.6 Å². The van der Waals surface area contributed by atoms with Crippen molar-refractivity contribution in [2.24, 2.45) is 7.05 Å². The molecule has 2 heterocycles. The summed E-state index contributed by atoms with van der Waals surface area (Å²) in [5.74, 6) is -0.749. The van der Waals surface area contributed by atoms with Gasteiger partial charge in [-0.15, -0.1) is 0 Å². The average Bonchev–Trinajstić information content (AvgIpc) is 2.77. The van der Waals surface area contributed by atoms with Gasteiger partial charge in [-0.1, -0.05) is 0 Å². The molecule has 1 N–H and O–H groups in total. The summed E-state index contributed by atoms with van der Waals surface area (Å²) in [6.07, 6.45) is 2.89. The maximum Gasteiger partial charge on any atom is 0.341 e. The van der Waals surface area contributed by atoms with Crippen LogP contribution in [0.15, 0.2) is 12.4 Å². The molecule has 2 rings (SSSR count). The molecule has 0 fully saturated rings. The van der Waals surface area contributed by atoms with Gasteiger partial charge in [0, 0.05) is 18.8 Å². The van der Waals surface area contributed by atoms with Gasteiger partial charge in [-0.2, -0.15) is 5.10 Å². The lowest BCUT2D eigenvalue weighted by molar-refractivity contribution is 0.0684. The van der Waals surface area contributed by atoms with Crippen molar-refractivity contribution < 1.29 is 14.6 Å².